The molecule has 0 aliphatic heterocycles. The van der Waals surface area contributed by atoms with Crippen LogP contribution in [0.3, 0.4) is 0 Å². The Balaban J connectivity index is 1.53. The zero-order valence-electron chi connectivity index (χ0n) is 15.2. The van der Waals surface area contributed by atoms with Gasteiger partial charge in [0.15, 0.2) is 0 Å². The molecule has 5 heteroatoms. The highest BCUT2D eigenvalue weighted by Crippen LogP contribution is 2.14. The average Bonchev–Trinajstić information content (AvgIpc) is 2.68. The molecule has 2 N–H and O–H groups in total. The summed E-state index contributed by atoms with van der Waals surface area (Å²) in [5.74, 6) is 2.32. The summed E-state index contributed by atoms with van der Waals surface area (Å²) >= 11 is 0. The second-order valence-corrected chi connectivity index (χ2v) is 6.07. The Labute approximate surface area is 154 Å². The van der Waals surface area contributed by atoms with Crippen molar-refractivity contribution in [2.45, 2.75) is 19.9 Å². The Morgan fingerprint density at radius 3 is 2.73 bits per heavy atom. The summed E-state index contributed by atoms with van der Waals surface area (Å²) in [6, 6.07) is 18.3. The van der Waals surface area contributed by atoms with Crippen LogP contribution < -0.4 is 15.4 Å². The van der Waals surface area contributed by atoms with Crippen LogP contribution in [0.1, 0.15) is 16.7 Å². The second-order valence-electron chi connectivity index (χ2n) is 6.07. The number of hydrogen-bond acceptors (Lipinski definition) is 5. The molecule has 134 valence electrons. The van der Waals surface area contributed by atoms with E-state index in [1.807, 2.05) is 30.3 Å². The molecular weight excluding hydrogens is 324 g/mol. The second kappa shape index (κ2) is 8.85. The first-order valence-corrected chi connectivity index (χ1v) is 8.73. The molecule has 0 spiro atoms. The number of benzene rings is 2. The van der Waals surface area contributed by atoms with Crippen LogP contribution in [0.15, 0.2) is 60.8 Å². The summed E-state index contributed by atoms with van der Waals surface area (Å²) in [6.45, 7) is 3.61. The van der Waals surface area contributed by atoms with Crippen molar-refractivity contribution in [2.75, 3.05) is 24.3 Å². The van der Waals surface area contributed by atoms with E-state index in [1.54, 1.807) is 13.3 Å². The Hall–Kier alpha value is -3.08. The molecule has 0 unspecified atom stereocenters. The summed E-state index contributed by atoms with van der Waals surface area (Å²) in [6.07, 6.45) is 2.66. The molecule has 2 aromatic carbocycles. The Bertz CT molecular complexity index is 851. The normalized spacial score (nSPS) is 10.4. The zero-order valence-corrected chi connectivity index (χ0v) is 15.2. The lowest BCUT2D eigenvalue weighted by molar-refractivity contribution is 0.414. The summed E-state index contributed by atoms with van der Waals surface area (Å²) in [4.78, 5) is 8.82. The molecule has 3 aromatic rings. The van der Waals surface area contributed by atoms with E-state index in [9.17, 15) is 0 Å². The van der Waals surface area contributed by atoms with Crippen LogP contribution in [0.5, 0.6) is 5.75 Å². The summed E-state index contributed by atoms with van der Waals surface area (Å²) in [5, 5.41) is 6.64. The van der Waals surface area contributed by atoms with E-state index < -0.39 is 0 Å². The maximum atomic E-state index is 5.26. The van der Waals surface area contributed by atoms with Gasteiger partial charge < -0.3 is 15.4 Å². The molecule has 0 aliphatic carbocycles. The molecule has 0 fully saturated rings. The molecule has 0 amide bonds. The van der Waals surface area contributed by atoms with Gasteiger partial charge in [0.25, 0.3) is 0 Å². The fourth-order valence-electron chi connectivity index (χ4n) is 2.69. The van der Waals surface area contributed by atoms with E-state index in [1.165, 1.54) is 16.7 Å². The predicted octanol–water partition coefficient (Wildman–Crippen LogP) is 4.06. The maximum Gasteiger partial charge on any atom is 0.224 e. The van der Waals surface area contributed by atoms with Crippen molar-refractivity contribution in [3.63, 3.8) is 0 Å². The Morgan fingerprint density at radius 1 is 1.00 bits per heavy atom. The molecule has 1 aromatic heterocycles. The minimum absolute atomic E-state index is 0.625. The van der Waals surface area contributed by atoms with Gasteiger partial charge in [0.05, 0.1) is 7.11 Å². The molecular formula is C21H24N4O. The van der Waals surface area contributed by atoms with Crippen molar-refractivity contribution in [1.82, 2.24) is 9.97 Å². The van der Waals surface area contributed by atoms with Crippen LogP contribution in [-0.2, 0) is 13.0 Å². The molecule has 0 saturated carbocycles. The smallest absolute Gasteiger partial charge is 0.224 e. The highest BCUT2D eigenvalue weighted by molar-refractivity contribution is 5.41. The van der Waals surface area contributed by atoms with Crippen LogP contribution in [0.4, 0.5) is 11.8 Å². The molecule has 5 nitrogen and oxygen atoms in total. The van der Waals surface area contributed by atoms with Gasteiger partial charge in [-0.15, -0.1) is 0 Å². The number of hydrogen-bond donors (Lipinski definition) is 2. The van der Waals surface area contributed by atoms with E-state index in [0.717, 1.165) is 24.5 Å². The van der Waals surface area contributed by atoms with E-state index in [-0.39, 0.29) is 0 Å². The van der Waals surface area contributed by atoms with Crippen molar-refractivity contribution in [3.8, 4) is 5.75 Å². The Morgan fingerprint density at radius 2 is 1.88 bits per heavy atom. The van der Waals surface area contributed by atoms with Gasteiger partial charge in [-0.3, -0.25) is 0 Å². The van der Waals surface area contributed by atoms with Gasteiger partial charge in [-0.1, -0.05) is 36.4 Å². The Kier molecular flexibility index (Phi) is 6.04. The highest BCUT2D eigenvalue weighted by Gasteiger charge is 2.02. The molecule has 0 bridgehead atoms. The third-order valence-corrected chi connectivity index (χ3v) is 4.21. The number of aryl methyl sites for hydroxylation is 1. The number of ether oxygens (including phenoxy) is 1. The molecule has 0 saturated heterocycles. The number of nitrogens with one attached hydrogen (secondary N) is 2. The predicted molar refractivity (Wildman–Crippen MR) is 106 cm³/mol. The zero-order chi connectivity index (χ0) is 18.2. The lowest BCUT2D eigenvalue weighted by atomic mass is 10.1. The lowest BCUT2D eigenvalue weighted by Gasteiger charge is -2.10. The standard InChI is InChI=1S/C21H24N4O/c1-16-6-3-4-8-18(16)15-24-21-23-13-11-20(25-21)22-12-10-17-7-5-9-19(14-17)26-2/h3-9,11,13-14H,10,12,15H2,1-2H3,(H2,22,23,24,25). The fourth-order valence-corrected chi connectivity index (χ4v) is 2.69. The van der Waals surface area contributed by atoms with Crippen LogP contribution in [-0.4, -0.2) is 23.6 Å². The van der Waals surface area contributed by atoms with Crippen molar-refractivity contribution in [3.05, 3.63) is 77.5 Å². The van der Waals surface area contributed by atoms with Gasteiger partial charge in [0.1, 0.15) is 11.6 Å². The van der Waals surface area contributed by atoms with Gasteiger partial charge >= 0.3 is 0 Å². The minimum atomic E-state index is 0.625. The number of methoxy groups -OCH3 is 1. The summed E-state index contributed by atoms with van der Waals surface area (Å²) < 4.78 is 5.26. The van der Waals surface area contributed by atoms with Crippen LogP contribution in [0.25, 0.3) is 0 Å². The van der Waals surface area contributed by atoms with Crippen LogP contribution in [0, 0.1) is 6.92 Å². The van der Waals surface area contributed by atoms with E-state index in [0.29, 0.717) is 12.5 Å². The highest BCUT2D eigenvalue weighted by atomic mass is 16.5. The molecule has 0 atom stereocenters. The van der Waals surface area contributed by atoms with E-state index in [2.05, 4.69) is 51.8 Å². The SMILES string of the molecule is COc1cccc(CCNc2ccnc(NCc3ccccc3C)n2)c1. The number of rotatable bonds is 8. The first-order valence-electron chi connectivity index (χ1n) is 8.73. The third-order valence-electron chi connectivity index (χ3n) is 4.21. The van der Waals surface area contributed by atoms with Crippen molar-refractivity contribution >= 4 is 11.8 Å². The maximum absolute atomic E-state index is 5.26. The molecule has 26 heavy (non-hydrogen) atoms. The van der Waals surface area contributed by atoms with Crippen LogP contribution in [0.2, 0.25) is 0 Å². The fraction of sp³-hybridized carbons (Fsp3) is 0.238. The van der Waals surface area contributed by atoms with Gasteiger partial charge in [-0.25, -0.2) is 4.98 Å². The van der Waals surface area contributed by atoms with Crippen LogP contribution >= 0.6 is 0 Å². The summed E-state index contributed by atoms with van der Waals surface area (Å²) in [7, 11) is 1.68. The summed E-state index contributed by atoms with van der Waals surface area (Å²) in [5.41, 5.74) is 3.73. The van der Waals surface area contributed by atoms with E-state index >= 15 is 0 Å². The lowest BCUT2D eigenvalue weighted by Crippen LogP contribution is -2.09. The van der Waals surface area contributed by atoms with Gasteiger partial charge in [-0.05, 0) is 48.2 Å². The first kappa shape index (κ1) is 17.7. The van der Waals surface area contributed by atoms with Crippen molar-refractivity contribution in [1.29, 1.82) is 0 Å². The topological polar surface area (TPSA) is 59.1 Å². The number of anilines is 2. The van der Waals surface area contributed by atoms with Gasteiger partial charge in [0.2, 0.25) is 5.95 Å². The van der Waals surface area contributed by atoms with Gasteiger partial charge in [-0.2, -0.15) is 4.98 Å². The minimum Gasteiger partial charge on any atom is -0.497 e. The first-order chi connectivity index (χ1) is 12.7. The van der Waals surface area contributed by atoms with Crippen molar-refractivity contribution in [2.24, 2.45) is 0 Å². The number of nitrogens with zero attached hydrogens (tertiary/aromatic N) is 2. The quantitative estimate of drug-likeness (QED) is 0.643. The average molecular weight is 348 g/mol. The molecule has 0 aliphatic rings. The molecule has 3 rings (SSSR count). The van der Waals surface area contributed by atoms with Crippen molar-refractivity contribution < 1.29 is 4.74 Å². The van der Waals surface area contributed by atoms with E-state index in [4.69, 9.17) is 4.74 Å². The molecule has 0 radical (unpaired) electrons. The molecule has 1 heterocycles. The van der Waals surface area contributed by atoms with Gasteiger partial charge in [0, 0.05) is 19.3 Å². The third kappa shape index (κ3) is 4.96. The monoisotopic (exact) mass is 348 g/mol. The number of aromatic nitrogens is 2. The largest absolute Gasteiger partial charge is 0.497 e.